The minimum absolute atomic E-state index is 0.171. The van der Waals surface area contributed by atoms with E-state index in [9.17, 15) is 4.79 Å². The average Bonchev–Trinajstić information content (AvgIpc) is 3.12. The average molecular weight is 396 g/mol. The lowest BCUT2D eigenvalue weighted by Gasteiger charge is -2.26. The van der Waals surface area contributed by atoms with Gasteiger partial charge in [-0.25, -0.2) is 9.78 Å². The van der Waals surface area contributed by atoms with Crippen LogP contribution < -0.4 is 5.63 Å². The van der Waals surface area contributed by atoms with Crippen molar-refractivity contribution in [3.63, 3.8) is 0 Å². The van der Waals surface area contributed by atoms with Crippen LogP contribution in [0.5, 0.6) is 0 Å². The summed E-state index contributed by atoms with van der Waals surface area (Å²) in [4.78, 5) is 18.1. The molecule has 0 saturated carbocycles. The summed E-state index contributed by atoms with van der Waals surface area (Å²) in [5.74, 6) is 0. The minimum atomic E-state index is -0.291. The van der Waals surface area contributed by atoms with Gasteiger partial charge in [-0.2, -0.15) is 0 Å². The number of para-hydroxylation sites is 3. The molecule has 0 radical (unpaired) electrons. The smallest absolute Gasteiger partial charge is 0.343 e. The fourth-order valence-electron chi connectivity index (χ4n) is 4.06. The lowest BCUT2D eigenvalue weighted by atomic mass is 10.0. The molecule has 4 nitrogen and oxygen atoms in total. The van der Waals surface area contributed by atoms with Crippen LogP contribution in [0.1, 0.15) is 21.9 Å². The number of thioether (sulfide) groups is 1. The third-order valence-electron chi connectivity index (χ3n) is 5.44. The highest BCUT2D eigenvalue weighted by molar-refractivity contribution is 7.99. The summed E-state index contributed by atoms with van der Waals surface area (Å²) < 4.78 is 7.85. The van der Waals surface area contributed by atoms with Crippen molar-refractivity contribution in [2.24, 2.45) is 0 Å². The Morgan fingerprint density at radius 3 is 2.59 bits per heavy atom. The number of rotatable bonds is 1. The highest BCUT2D eigenvalue weighted by Gasteiger charge is 2.34. The van der Waals surface area contributed by atoms with Crippen LogP contribution in [0.4, 0.5) is 0 Å². The Labute approximate surface area is 170 Å². The molecule has 0 N–H and O–H groups in total. The molecule has 29 heavy (non-hydrogen) atoms. The first-order chi connectivity index (χ1) is 14.2. The number of benzene rings is 3. The van der Waals surface area contributed by atoms with Crippen LogP contribution in [0.25, 0.3) is 27.7 Å². The SMILES string of the molecule is Cc1ccc(C2Sc3nc4ccccc4n3-c3c2c(=O)oc2ccccc32)cc1. The first kappa shape index (κ1) is 16.6. The molecule has 0 amide bonds. The number of aromatic nitrogens is 2. The van der Waals surface area contributed by atoms with Crippen molar-refractivity contribution in [1.29, 1.82) is 0 Å². The van der Waals surface area contributed by atoms with Crippen LogP contribution in [0, 0.1) is 6.92 Å². The van der Waals surface area contributed by atoms with Crippen LogP contribution in [-0.4, -0.2) is 9.55 Å². The van der Waals surface area contributed by atoms with Crippen molar-refractivity contribution in [3.05, 3.63) is 99.9 Å². The summed E-state index contributed by atoms with van der Waals surface area (Å²) in [5.41, 5.74) is 6.03. The maximum Gasteiger partial charge on any atom is 0.343 e. The van der Waals surface area contributed by atoms with Crippen LogP contribution in [0.3, 0.4) is 0 Å². The Hall–Kier alpha value is -3.31. The molecule has 5 heteroatoms. The normalized spacial score (nSPS) is 15.4. The first-order valence-corrected chi connectivity index (χ1v) is 10.4. The molecule has 1 aliphatic heterocycles. The second-order valence-corrected chi connectivity index (χ2v) is 8.35. The molecule has 1 unspecified atom stereocenters. The zero-order valence-electron chi connectivity index (χ0n) is 15.6. The van der Waals surface area contributed by atoms with E-state index in [-0.39, 0.29) is 10.9 Å². The molecule has 0 spiro atoms. The molecular weight excluding hydrogens is 380 g/mol. The molecule has 0 fully saturated rings. The Bertz CT molecular complexity index is 1460. The molecule has 1 atom stereocenters. The van der Waals surface area contributed by atoms with E-state index in [1.54, 1.807) is 11.8 Å². The molecule has 5 aromatic rings. The fraction of sp³-hybridized carbons (Fsp3) is 0.0833. The molecule has 140 valence electrons. The third kappa shape index (κ3) is 2.41. The topological polar surface area (TPSA) is 48.0 Å². The van der Waals surface area contributed by atoms with E-state index in [1.165, 1.54) is 5.56 Å². The third-order valence-corrected chi connectivity index (χ3v) is 6.67. The van der Waals surface area contributed by atoms with Crippen molar-refractivity contribution in [2.75, 3.05) is 0 Å². The van der Waals surface area contributed by atoms with Gasteiger partial charge in [-0.1, -0.05) is 65.9 Å². The molecule has 0 aliphatic carbocycles. The summed E-state index contributed by atoms with van der Waals surface area (Å²) in [6, 6.07) is 24.1. The Morgan fingerprint density at radius 2 is 1.72 bits per heavy atom. The van der Waals surface area contributed by atoms with Crippen molar-refractivity contribution in [3.8, 4) is 5.69 Å². The Balaban J connectivity index is 1.76. The molecular formula is C24H16N2O2S. The van der Waals surface area contributed by atoms with Crippen molar-refractivity contribution < 1.29 is 4.42 Å². The van der Waals surface area contributed by atoms with Crippen LogP contribution in [-0.2, 0) is 0 Å². The minimum Gasteiger partial charge on any atom is -0.422 e. The first-order valence-electron chi connectivity index (χ1n) is 9.47. The summed E-state index contributed by atoms with van der Waals surface area (Å²) in [5, 5.41) is 1.64. The van der Waals surface area contributed by atoms with Crippen molar-refractivity contribution in [1.82, 2.24) is 9.55 Å². The second-order valence-electron chi connectivity index (χ2n) is 7.28. The van der Waals surface area contributed by atoms with Gasteiger partial charge in [-0.05, 0) is 36.8 Å². The standard InChI is InChI=1S/C24H16N2O2S/c1-14-10-12-15(13-11-14)22-20-21(16-6-2-5-9-19(16)28-23(20)27)26-18-8-4-3-7-17(18)25-24(26)29-22/h2-13,22H,1H3. The maximum atomic E-state index is 13.2. The summed E-state index contributed by atoms with van der Waals surface area (Å²) >= 11 is 1.60. The number of nitrogens with zero attached hydrogens (tertiary/aromatic N) is 2. The predicted molar refractivity (Wildman–Crippen MR) is 116 cm³/mol. The van der Waals surface area contributed by atoms with E-state index < -0.39 is 0 Å². The van der Waals surface area contributed by atoms with Crippen LogP contribution in [0.2, 0.25) is 0 Å². The Morgan fingerprint density at radius 1 is 0.966 bits per heavy atom. The number of imidazole rings is 1. The van der Waals surface area contributed by atoms with E-state index in [4.69, 9.17) is 9.40 Å². The van der Waals surface area contributed by atoms with Crippen molar-refractivity contribution in [2.45, 2.75) is 17.3 Å². The van der Waals surface area contributed by atoms with Crippen molar-refractivity contribution >= 4 is 33.8 Å². The maximum absolute atomic E-state index is 13.2. The van der Waals surface area contributed by atoms with E-state index in [2.05, 4.69) is 35.8 Å². The van der Waals surface area contributed by atoms with Gasteiger partial charge in [0, 0.05) is 5.39 Å². The lowest BCUT2D eigenvalue weighted by molar-refractivity contribution is 0.549. The van der Waals surface area contributed by atoms with Gasteiger partial charge in [-0.3, -0.25) is 4.57 Å². The second kappa shape index (κ2) is 6.09. The van der Waals surface area contributed by atoms with E-state index >= 15 is 0 Å². The highest BCUT2D eigenvalue weighted by Crippen LogP contribution is 2.48. The summed E-state index contributed by atoms with van der Waals surface area (Å²) in [6.45, 7) is 2.06. The zero-order chi connectivity index (χ0) is 19.5. The number of fused-ring (bicyclic) bond motifs is 7. The monoisotopic (exact) mass is 396 g/mol. The Kier molecular flexibility index (Phi) is 3.49. The molecule has 2 aromatic heterocycles. The number of aryl methyl sites for hydroxylation is 1. The largest absolute Gasteiger partial charge is 0.422 e. The quantitative estimate of drug-likeness (QED) is 0.344. The van der Waals surface area contributed by atoms with E-state index in [0.29, 0.717) is 11.1 Å². The van der Waals surface area contributed by atoms with E-state index in [0.717, 1.165) is 32.8 Å². The zero-order valence-corrected chi connectivity index (χ0v) is 16.4. The molecule has 1 aliphatic rings. The van der Waals surface area contributed by atoms with Crippen LogP contribution in [0.15, 0.2) is 87.2 Å². The molecule has 0 saturated heterocycles. The van der Waals surface area contributed by atoms with Gasteiger partial charge in [0.15, 0.2) is 5.16 Å². The number of hydrogen-bond acceptors (Lipinski definition) is 4. The molecule has 3 heterocycles. The predicted octanol–water partition coefficient (Wildman–Crippen LogP) is 5.64. The van der Waals surface area contributed by atoms with Gasteiger partial charge in [0.1, 0.15) is 5.58 Å². The van der Waals surface area contributed by atoms with E-state index in [1.807, 2.05) is 48.5 Å². The van der Waals surface area contributed by atoms with Crippen LogP contribution >= 0.6 is 11.8 Å². The fourth-order valence-corrected chi connectivity index (χ4v) is 5.34. The summed E-state index contributed by atoms with van der Waals surface area (Å²) in [7, 11) is 0. The van der Waals surface area contributed by atoms with Gasteiger partial charge in [0.25, 0.3) is 0 Å². The van der Waals surface area contributed by atoms with Gasteiger partial charge in [-0.15, -0.1) is 0 Å². The number of hydrogen-bond donors (Lipinski definition) is 0. The highest BCUT2D eigenvalue weighted by atomic mass is 32.2. The van der Waals surface area contributed by atoms with Gasteiger partial charge >= 0.3 is 5.63 Å². The van der Waals surface area contributed by atoms with Gasteiger partial charge in [0.05, 0.1) is 27.5 Å². The molecule has 6 rings (SSSR count). The molecule has 0 bridgehead atoms. The van der Waals surface area contributed by atoms with Gasteiger partial charge < -0.3 is 4.42 Å². The molecule has 3 aromatic carbocycles. The summed E-state index contributed by atoms with van der Waals surface area (Å²) in [6.07, 6.45) is 0. The van der Waals surface area contributed by atoms with Gasteiger partial charge in [0.2, 0.25) is 0 Å². The lowest BCUT2D eigenvalue weighted by Crippen LogP contribution is -2.21.